The van der Waals surface area contributed by atoms with Crippen LogP contribution in [0.25, 0.3) is 0 Å². The van der Waals surface area contributed by atoms with Crippen molar-refractivity contribution >= 4 is 22.7 Å². The largest absolute Gasteiger partial charge is 0.473 e. The molecule has 7 rings (SSSR count). The van der Waals surface area contributed by atoms with Gasteiger partial charge in [0, 0.05) is 73.5 Å². The normalized spacial score (nSPS) is 8.00. The lowest BCUT2D eigenvalue weighted by molar-refractivity contribution is 0.567. The van der Waals surface area contributed by atoms with Gasteiger partial charge in [-0.25, -0.2) is 9.97 Å². The van der Waals surface area contributed by atoms with Gasteiger partial charge in [0.15, 0.2) is 0 Å². The molecule has 8 nitrogen and oxygen atoms in total. The Hall–Kier alpha value is -4.80. The highest BCUT2D eigenvalue weighted by Crippen LogP contribution is 1.91. The quantitative estimate of drug-likeness (QED) is 0.215. The lowest BCUT2D eigenvalue weighted by Gasteiger charge is -1.70. The van der Waals surface area contributed by atoms with Gasteiger partial charge in [-0.15, -0.1) is 11.3 Å². The van der Waals surface area contributed by atoms with E-state index >= 15 is 0 Å². The predicted molar refractivity (Wildman–Crippen MR) is 154 cm³/mol. The Labute approximate surface area is 230 Å². The second-order valence-corrected chi connectivity index (χ2v) is 7.54. The molecule has 0 bridgehead atoms. The molecule has 0 fully saturated rings. The van der Waals surface area contributed by atoms with E-state index in [4.69, 9.17) is 0 Å². The van der Waals surface area contributed by atoms with E-state index in [1.807, 2.05) is 83.1 Å². The zero-order valence-electron chi connectivity index (χ0n) is 20.6. The van der Waals surface area contributed by atoms with Crippen LogP contribution in [0.2, 0.25) is 0 Å². The average molecular weight is 544 g/mol. The summed E-state index contributed by atoms with van der Waals surface area (Å²) < 4.78 is 4.58. The number of thiophene rings is 1. The van der Waals surface area contributed by atoms with Gasteiger partial charge in [0.25, 0.3) is 0 Å². The molecule has 10 heteroatoms. The minimum absolute atomic E-state index is 1.50. The Balaban J connectivity index is 0.000000222. The first-order valence-corrected chi connectivity index (χ1v) is 13.0. The molecule has 7 aromatic rings. The molecule has 0 unspecified atom stereocenters. The summed E-state index contributed by atoms with van der Waals surface area (Å²) in [5.74, 6) is 0. The summed E-state index contributed by atoms with van der Waals surface area (Å²) in [4.78, 5) is 25.2. The topological polar surface area (TPSA) is 106 Å². The third-order valence-corrected chi connectivity index (χ3v) is 4.37. The Morgan fingerprint density at radius 3 is 1.18 bits per heavy atom. The Morgan fingerprint density at radius 2 is 1.00 bits per heavy atom. The van der Waals surface area contributed by atoms with Crippen LogP contribution < -0.4 is 0 Å². The van der Waals surface area contributed by atoms with E-state index in [-0.39, 0.29) is 0 Å². The van der Waals surface area contributed by atoms with Gasteiger partial charge < -0.3 is 9.40 Å². The second kappa shape index (κ2) is 28.4. The van der Waals surface area contributed by atoms with Crippen molar-refractivity contribution in [1.29, 1.82) is 0 Å². The number of nitrogens with zero attached hydrogens (tertiary/aromatic N) is 6. The molecule has 0 amide bonds. The third-order valence-electron chi connectivity index (χ3n) is 3.22. The minimum Gasteiger partial charge on any atom is -0.473 e. The number of hydrogen-bond donors (Lipinski definition) is 1. The Kier molecular flexibility index (Phi) is 23.4. The molecule has 7 aromatic heterocycles. The van der Waals surface area contributed by atoms with E-state index in [1.54, 1.807) is 103 Å². The van der Waals surface area contributed by atoms with E-state index in [0.29, 0.717) is 0 Å². The fourth-order valence-corrected chi connectivity index (χ4v) is 2.53. The van der Waals surface area contributed by atoms with E-state index in [9.17, 15) is 0 Å². The van der Waals surface area contributed by atoms with Gasteiger partial charge in [-0.05, 0) is 53.2 Å². The van der Waals surface area contributed by atoms with Crippen molar-refractivity contribution in [2.75, 3.05) is 0 Å². The molecule has 0 aliphatic heterocycles. The Bertz CT molecular complexity index is 864. The van der Waals surface area contributed by atoms with Gasteiger partial charge >= 0.3 is 0 Å². The molecule has 0 spiro atoms. The molecule has 7 heterocycles. The maximum Gasteiger partial charge on any atom is 0.115 e. The highest BCUT2D eigenvalue weighted by Gasteiger charge is 1.62. The number of H-pyrrole nitrogens is 1. The predicted octanol–water partition coefficient (Wildman–Crippen LogP) is 7.22. The fraction of sp³-hybridized carbons (Fsp3) is 0. The maximum atomic E-state index is 4.58. The number of aromatic nitrogens is 7. The summed E-state index contributed by atoms with van der Waals surface area (Å²) in [6.45, 7) is 0. The lowest BCUT2D eigenvalue weighted by atomic mass is 10.5. The molecular formula is C28H29N7OS2. The van der Waals surface area contributed by atoms with Crippen LogP contribution >= 0.6 is 22.7 Å². The zero-order valence-corrected chi connectivity index (χ0v) is 22.2. The summed E-state index contributed by atoms with van der Waals surface area (Å²) in [6.07, 6.45) is 23.7. The minimum atomic E-state index is 1.50. The van der Waals surface area contributed by atoms with Gasteiger partial charge in [-0.2, -0.15) is 11.3 Å². The number of thiazole rings is 1. The smallest absolute Gasteiger partial charge is 0.115 e. The summed E-state index contributed by atoms with van der Waals surface area (Å²) in [7, 11) is 0. The van der Waals surface area contributed by atoms with Gasteiger partial charge in [-0.3, -0.25) is 19.9 Å². The van der Waals surface area contributed by atoms with Crippen LogP contribution in [0.15, 0.2) is 174 Å². The zero-order chi connectivity index (χ0) is 26.9. The molecule has 0 aliphatic rings. The molecule has 0 aliphatic carbocycles. The number of hydrogen-bond acceptors (Lipinski definition) is 9. The van der Waals surface area contributed by atoms with Crippen molar-refractivity contribution in [3.63, 3.8) is 0 Å². The monoisotopic (exact) mass is 543 g/mol. The number of rotatable bonds is 0. The number of furan rings is 1. The SMILES string of the molecule is c1cc[nH]c1.c1ccncc1.c1ccoc1.c1ccsc1.c1cnccn1.c1cncnc1.c1cscn1. The van der Waals surface area contributed by atoms with Crippen LogP contribution in [-0.4, -0.2) is 34.9 Å². The fourth-order valence-electron chi connectivity index (χ4n) is 1.73. The van der Waals surface area contributed by atoms with E-state index in [1.165, 1.54) is 6.33 Å². The van der Waals surface area contributed by atoms with Crippen LogP contribution in [0, 0.1) is 0 Å². The summed E-state index contributed by atoms with van der Waals surface area (Å²) in [6, 6.07) is 19.1. The van der Waals surface area contributed by atoms with Crippen LogP contribution in [0.4, 0.5) is 0 Å². The van der Waals surface area contributed by atoms with Crippen LogP contribution in [0.3, 0.4) is 0 Å². The first-order chi connectivity index (χ1) is 19.0. The number of nitrogens with one attached hydrogen (secondary N) is 1. The molecular weight excluding hydrogens is 514 g/mol. The summed E-state index contributed by atoms with van der Waals surface area (Å²) in [5, 5.41) is 6.01. The van der Waals surface area contributed by atoms with Crippen molar-refractivity contribution in [2.24, 2.45) is 0 Å². The summed E-state index contributed by atoms with van der Waals surface area (Å²) >= 11 is 3.31. The first-order valence-electron chi connectivity index (χ1n) is 11.1. The lowest BCUT2D eigenvalue weighted by Crippen LogP contribution is -1.66. The Morgan fingerprint density at radius 1 is 0.421 bits per heavy atom. The van der Waals surface area contributed by atoms with E-state index < -0.39 is 0 Å². The molecule has 0 aromatic carbocycles. The molecule has 0 saturated heterocycles. The highest BCUT2D eigenvalue weighted by atomic mass is 32.1. The molecule has 38 heavy (non-hydrogen) atoms. The van der Waals surface area contributed by atoms with Crippen molar-refractivity contribution in [3.05, 3.63) is 169 Å². The average Bonchev–Trinajstić information content (AvgIpc) is 3.88. The first kappa shape index (κ1) is 31.2. The standard InChI is InChI=1S/C5H5N.2C4H4N2.C4H5N.C4H4O.C4H4S.C3H3NS/c1-2-4-6-5-3-1;1-2-6-4-3-5-1;1-2-5-4-6-3-1;3*1-2-4-5-3-1;1-2-5-3-4-1/h1-5H;2*1-4H;1-5H;2*1-4H;1-3H. The third kappa shape index (κ3) is 25.8. The van der Waals surface area contributed by atoms with E-state index in [0.717, 1.165) is 0 Å². The molecule has 1 N–H and O–H groups in total. The maximum absolute atomic E-state index is 4.58. The molecule has 0 saturated carbocycles. The van der Waals surface area contributed by atoms with Gasteiger partial charge in [0.1, 0.15) is 6.33 Å². The highest BCUT2D eigenvalue weighted by molar-refractivity contribution is 7.07. The van der Waals surface area contributed by atoms with Crippen molar-refractivity contribution in [2.45, 2.75) is 0 Å². The van der Waals surface area contributed by atoms with E-state index in [2.05, 4.69) is 39.3 Å². The van der Waals surface area contributed by atoms with Crippen LogP contribution in [-0.2, 0) is 0 Å². The molecule has 0 radical (unpaired) electrons. The number of pyridine rings is 1. The van der Waals surface area contributed by atoms with Crippen molar-refractivity contribution < 1.29 is 4.42 Å². The molecule has 194 valence electrons. The van der Waals surface area contributed by atoms with Gasteiger partial charge in [0.2, 0.25) is 0 Å². The van der Waals surface area contributed by atoms with Crippen LogP contribution in [0.5, 0.6) is 0 Å². The van der Waals surface area contributed by atoms with Crippen LogP contribution in [0.1, 0.15) is 0 Å². The van der Waals surface area contributed by atoms with Gasteiger partial charge in [-0.1, -0.05) is 18.2 Å². The molecule has 0 atom stereocenters. The second-order valence-electron chi connectivity index (χ2n) is 5.97. The van der Waals surface area contributed by atoms with Crippen molar-refractivity contribution in [3.8, 4) is 0 Å². The number of aromatic amines is 1. The van der Waals surface area contributed by atoms with Gasteiger partial charge in [0.05, 0.1) is 18.0 Å². The van der Waals surface area contributed by atoms with Crippen molar-refractivity contribution in [1.82, 2.24) is 34.9 Å². The summed E-state index contributed by atoms with van der Waals surface area (Å²) in [5.41, 5.74) is 1.79.